The number of rotatable bonds is 11. The average Bonchev–Trinajstić information content (AvgIpc) is 2.80. The molecule has 1 atom stereocenters. The number of hydrogen-bond donors (Lipinski definition) is 1. The highest BCUT2D eigenvalue weighted by molar-refractivity contribution is 7.92. The highest BCUT2D eigenvalue weighted by Gasteiger charge is 2.28. The van der Waals surface area contributed by atoms with Crippen LogP contribution in [0.25, 0.3) is 0 Å². The monoisotopic (exact) mass is 539 g/mol. The van der Waals surface area contributed by atoms with E-state index in [2.05, 4.69) is 5.32 Å². The van der Waals surface area contributed by atoms with Crippen molar-refractivity contribution in [2.24, 2.45) is 0 Å². The number of hydrogen-bond acceptors (Lipinski definition) is 5. The van der Waals surface area contributed by atoms with Gasteiger partial charge in [0.2, 0.25) is 21.8 Å². The first-order valence-corrected chi connectivity index (χ1v) is 13.6. The maximum Gasteiger partial charge on any atom is 0.242 e. The van der Waals surface area contributed by atoms with E-state index in [4.69, 9.17) is 4.74 Å². The third kappa shape index (κ3) is 8.99. The van der Waals surface area contributed by atoms with Crippen molar-refractivity contribution in [3.8, 4) is 5.75 Å². The van der Waals surface area contributed by atoms with Crippen LogP contribution < -0.4 is 14.4 Å². The Morgan fingerprint density at radius 3 is 2.19 bits per heavy atom. The zero-order valence-corrected chi connectivity index (χ0v) is 22.9. The molecule has 0 aromatic heterocycles. The number of nitrogens with zero attached hydrogens (tertiary/aromatic N) is 2. The molecule has 0 fully saturated rings. The van der Waals surface area contributed by atoms with Crippen molar-refractivity contribution in [3.63, 3.8) is 0 Å². The standard InChI is InChI=1S/C26H35F2N3O5S/c1-18(25(33)29-26(2,3)4)30(17-19-9-12-21(36-5)13-10-19)24(32)8-7-15-31(37(6,34)35)20-11-14-22(27)23(28)16-20/h9-14,16,18H,7-8,15,17H2,1-6H3,(H,29,33). The summed E-state index contributed by atoms with van der Waals surface area (Å²) in [5.41, 5.74) is 0.242. The Balaban J connectivity index is 2.21. The molecule has 0 aliphatic carbocycles. The van der Waals surface area contributed by atoms with E-state index in [1.54, 1.807) is 38.3 Å². The van der Waals surface area contributed by atoms with Gasteiger partial charge < -0.3 is 15.0 Å². The Morgan fingerprint density at radius 1 is 1.05 bits per heavy atom. The molecular formula is C26H35F2N3O5S. The summed E-state index contributed by atoms with van der Waals surface area (Å²) in [5.74, 6) is -2.30. The molecule has 11 heteroatoms. The molecule has 0 radical (unpaired) electrons. The van der Waals surface area contributed by atoms with Gasteiger partial charge in [0.1, 0.15) is 11.8 Å². The molecule has 0 heterocycles. The summed E-state index contributed by atoms with van der Waals surface area (Å²) in [6.07, 6.45) is 0.974. The third-order valence-corrected chi connectivity index (χ3v) is 6.71. The molecule has 2 amide bonds. The second kappa shape index (κ2) is 12.4. The summed E-state index contributed by atoms with van der Waals surface area (Å²) >= 11 is 0. The second-order valence-electron chi connectivity index (χ2n) is 9.82. The predicted molar refractivity (Wildman–Crippen MR) is 139 cm³/mol. The SMILES string of the molecule is COc1ccc(CN(C(=O)CCCN(c2ccc(F)c(F)c2)S(C)(=O)=O)C(C)C(=O)NC(C)(C)C)cc1. The summed E-state index contributed by atoms with van der Waals surface area (Å²) in [5, 5.41) is 2.88. The van der Waals surface area contributed by atoms with Crippen LogP contribution in [0.3, 0.4) is 0 Å². The van der Waals surface area contributed by atoms with Gasteiger partial charge in [-0.2, -0.15) is 0 Å². The van der Waals surface area contributed by atoms with Crippen molar-refractivity contribution < 1.29 is 31.5 Å². The highest BCUT2D eigenvalue weighted by atomic mass is 32.2. The minimum absolute atomic E-state index is 0.0399. The van der Waals surface area contributed by atoms with Gasteiger partial charge in [-0.3, -0.25) is 13.9 Å². The van der Waals surface area contributed by atoms with Crippen molar-refractivity contribution >= 4 is 27.5 Å². The zero-order valence-electron chi connectivity index (χ0n) is 22.0. The van der Waals surface area contributed by atoms with E-state index in [1.807, 2.05) is 20.8 Å². The number of halogens is 2. The fourth-order valence-corrected chi connectivity index (χ4v) is 4.59. The van der Waals surface area contributed by atoms with Crippen LogP contribution in [-0.2, 0) is 26.2 Å². The van der Waals surface area contributed by atoms with Crippen molar-refractivity contribution in [2.45, 2.75) is 58.7 Å². The van der Waals surface area contributed by atoms with Crippen LogP contribution in [-0.4, -0.2) is 56.6 Å². The Hall–Kier alpha value is -3.21. The lowest BCUT2D eigenvalue weighted by Crippen LogP contribution is -2.52. The first-order chi connectivity index (χ1) is 17.1. The van der Waals surface area contributed by atoms with Gasteiger partial charge in [0, 0.05) is 31.1 Å². The second-order valence-corrected chi connectivity index (χ2v) is 11.7. The molecule has 37 heavy (non-hydrogen) atoms. The van der Waals surface area contributed by atoms with Gasteiger partial charge in [0.25, 0.3) is 0 Å². The van der Waals surface area contributed by atoms with Crippen LogP contribution >= 0.6 is 0 Å². The van der Waals surface area contributed by atoms with Crippen molar-refractivity contribution in [1.29, 1.82) is 0 Å². The van der Waals surface area contributed by atoms with E-state index in [-0.39, 0.29) is 43.4 Å². The van der Waals surface area contributed by atoms with Crippen molar-refractivity contribution in [3.05, 3.63) is 59.7 Å². The minimum atomic E-state index is -3.83. The van der Waals surface area contributed by atoms with Crippen molar-refractivity contribution in [2.75, 3.05) is 24.2 Å². The predicted octanol–water partition coefficient (Wildman–Crippen LogP) is 3.85. The molecule has 0 saturated heterocycles. The number of carbonyl (C=O) groups excluding carboxylic acids is 2. The zero-order chi connectivity index (χ0) is 28.0. The molecular weight excluding hydrogens is 504 g/mol. The smallest absolute Gasteiger partial charge is 0.242 e. The number of nitrogens with one attached hydrogen (secondary N) is 1. The van der Waals surface area contributed by atoms with Crippen LogP contribution in [0, 0.1) is 11.6 Å². The Labute approximate surface area is 217 Å². The third-order valence-electron chi connectivity index (χ3n) is 5.52. The van der Waals surface area contributed by atoms with Gasteiger partial charge in [0.15, 0.2) is 11.6 Å². The summed E-state index contributed by atoms with van der Waals surface area (Å²) in [6, 6.07) is 9.10. The maximum atomic E-state index is 13.7. The lowest BCUT2D eigenvalue weighted by atomic mass is 10.1. The number of methoxy groups -OCH3 is 1. The number of benzene rings is 2. The van der Waals surface area contributed by atoms with Crippen LogP contribution in [0.15, 0.2) is 42.5 Å². The summed E-state index contributed by atoms with van der Waals surface area (Å²) in [6.45, 7) is 7.17. The lowest BCUT2D eigenvalue weighted by Gasteiger charge is -2.32. The quantitative estimate of drug-likeness (QED) is 0.468. The van der Waals surface area contributed by atoms with E-state index in [0.29, 0.717) is 5.75 Å². The number of carbonyl (C=O) groups is 2. The van der Waals surface area contributed by atoms with Gasteiger partial charge in [-0.05, 0) is 63.9 Å². The van der Waals surface area contributed by atoms with Crippen LogP contribution in [0.5, 0.6) is 5.75 Å². The van der Waals surface area contributed by atoms with Crippen LogP contribution in [0.4, 0.5) is 14.5 Å². The Morgan fingerprint density at radius 2 is 1.68 bits per heavy atom. The topological polar surface area (TPSA) is 96.0 Å². The van der Waals surface area contributed by atoms with E-state index in [9.17, 15) is 26.8 Å². The van der Waals surface area contributed by atoms with Crippen LogP contribution in [0.2, 0.25) is 0 Å². The van der Waals surface area contributed by atoms with E-state index in [1.165, 1.54) is 4.90 Å². The molecule has 2 rings (SSSR count). The lowest BCUT2D eigenvalue weighted by molar-refractivity contribution is -0.141. The average molecular weight is 540 g/mol. The summed E-state index contributed by atoms with van der Waals surface area (Å²) < 4.78 is 57.8. The maximum absolute atomic E-state index is 13.7. The molecule has 1 unspecified atom stereocenters. The molecule has 1 N–H and O–H groups in total. The fraction of sp³-hybridized carbons (Fsp3) is 0.462. The number of sulfonamides is 1. The largest absolute Gasteiger partial charge is 0.497 e. The molecule has 2 aromatic rings. The normalized spacial score (nSPS) is 12.5. The van der Waals surface area contributed by atoms with E-state index < -0.39 is 33.2 Å². The van der Waals surface area contributed by atoms with Crippen molar-refractivity contribution in [1.82, 2.24) is 10.2 Å². The number of anilines is 1. The molecule has 2 aromatic carbocycles. The minimum Gasteiger partial charge on any atom is -0.497 e. The molecule has 8 nitrogen and oxygen atoms in total. The van der Waals surface area contributed by atoms with Gasteiger partial charge in [-0.15, -0.1) is 0 Å². The first-order valence-electron chi connectivity index (χ1n) is 11.8. The van der Waals surface area contributed by atoms with Crippen LogP contribution in [0.1, 0.15) is 46.1 Å². The first kappa shape index (κ1) is 30.0. The molecule has 0 saturated carbocycles. The Kier molecular flexibility index (Phi) is 10.0. The van der Waals surface area contributed by atoms with Gasteiger partial charge in [0.05, 0.1) is 19.1 Å². The number of amides is 2. The van der Waals surface area contributed by atoms with E-state index >= 15 is 0 Å². The Bertz CT molecular complexity index is 1200. The van der Waals surface area contributed by atoms with Gasteiger partial charge in [-0.1, -0.05) is 12.1 Å². The van der Waals surface area contributed by atoms with Gasteiger partial charge in [-0.25, -0.2) is 17.2 Å². The van der Waals surface area contributed by atoms with E-state index in [0.717, 1.165) is 34.3 Å². The summed E-state index contributed by atoms with van der Waals surface area (Å²) in [7, 11) is -2.28. The van der Waals surface area contributed by atoms with Gasteiger partial charge >= 0.3 is 0 Å². The molecule has 0 bridgehead atoms. The fourth-order valence-electron chi connectivity index (χ4n) is 3.63. The highest BCUT2D eigenvalue weighted by Crippen LogP contribution is 2.22. The molecule has 0 spiro atoms. The molecule has 0 aliphatic rings. The molecule has 204 valence electrons. The number of ether oxygens (including phenoxy) is 1. The summed E-state index contributed by atoms with van der Waals surface area (Å²) in [4.78, 5) is 27.6. The molecule has 0 aliphatic heterocycles.